The third-order valence-electron chi connectivity index (χ3n) is 4.19. The van der Waals surface area contributed by atoms with Crippen LogP contribution in [0, 0.1) is 0 Å². The summed E-state index contributed by atoms with van der Waals surface area (Å²) < 4.78 is 5.66. The molecule has 1 heterocycles. The molecule has 1 aliphatic heterocycles. The molecule has 2 rings (SSSR count). The molecule has 0 spiro atoms. The number of halogens is 1. The van der Waals surface area contributed by atoms with Crippen molar-refractivity contribution in [3.05, 3.63) is 0 Å². The van der Waals surface area contributed by atoms with Gasteiger partial charge in [-0.3, -0.25) is 4.79 Å². The molecule has 3 nitrogen and oxygen atoms in total. The lowest BCUT2D eigenvalue weighted by Crippen LogP contribution is -2.47. The van der Waals surface area contributed by atoms with Crippen molar-refractivity contribution in [2.24, 2.45) is 0 Å². The first-order chi connectivity index (χ1) is 8.74. The van der Waals surface area contributed by atoms with Gasteiger partial charge in [-0.15, -0.1) is 0 Å². The van der Waals surface area contributed by atoms with Crippen molar-refractivity contribution in [3.8, 4) is 0 Å². The molecule has 104 valence electrons. The zero-order valence-electron chi connectivity index (χ0n) is 11.0. The van der Waals surface area contributed by atoms with E-state index in [2.05, 4.69) is 21.2 Å². The van der Waals surface area contributed by atoms with E-state index in [1.807, 2.05) is 0 Å². The summed E-state index contributed by atoms with van der Waals surface area (Å²) in [6.07, 6.45) is 10.0. The molecule has 1 N–H and O–H groups in total. The summed E-state index contributed by atoms with van der Waals surface area (Å²) in [5.41, 5.74) is 0.0322. The second-order valence-corrected chi connectivity index (χ2v) is 6.26. The van der Waals surface area contributed by atoms with E-state index >= 15 is 0 Å². The first kappa shape index (κ1) is 14.3. The molecule has 18 heavy (non-hydrogen) atoms. The molecule has 1 amide bonds. The van der Waals surface area contributed by atoms with E-state index in [-0.39, 0.29) is 11.4 Å². The third-order valence-corrected chi connectivity index (χ3v) is 5.26. The quantitative estimate of drug-likeness (QED) is 0.791. The SMILES string of the molecule is O=C(CCC1CCCCO1)NC1(CBr)CCCC1. The van der Waals surface area contributed by atoms with Gasteiger partial charge >= 0.3 is 0 Å². The summed E-state index contributed by atoms with van der Waals surface area (Å²) in [6, 6.07) is 0. The van der Waals surface area contributed by atoms with Gasteiger partial charge in [0.15, 0.2) is 0 Å². The molecule has 0 aromatic heterocycles. The average molecular weight is 318 g/mol. The van der Waals surface area contributed by atoms with E-state index in [9.17, 15) is 4.79 Å². The Kier molecular flexibility index (Phi) is 5.49. The average Bonchev–Trinajstić information content (AvgIpc) is 2.87. The lowest BCUT2D eigenvalue weighted by atomic mass is 9.99. The van der Waals surface area contributed by atoms with E-state index in [0.717, 1.165) is 37.6 Å². The fraction of sp³-hybridized carbons (Fsp3) is 0.929. The summed E-state index contributed by atoms with van der Waals surface area (Å²) in [5, 5.41) is 4.12. The van der Waals surface area contributed by atoms with Gasteiger partial charge in [0.05, 0.1) is 6.10 Å². The van der Waals surface area contributed by atoms with Gasteiger partial charge in [0.25, 0.3) is 0 Å². The molecule has 2 fully saturated rings. The highest BCUT2D eigenvalue weighted by Gasteiger charge is 2.34. The highest BCUT2D eigenvalue weighted by molar-refractivity contribution is 9.09. The van der Waals surface area contributed by atoms with Gasteiger partial charge in [0.1, 0.15) is 0 Å². The van der Waals surface area contributed by atoms with E-state index < -0.39 is 0 Å². The minimum Gasteiger partial charge on any atom is -0.378 e. The normalized spacial score (nSPS) is 27.1. The van der Waals surface area contributed by atoms with Gasteiger partial charge in [-0.2, -0.15) is 0 Å². The Bertz CT molecular complexity index is 271. The first-order valence-electron chi connectivity index (χ1n) is 7.23. The van der Waals surface area contributed by atoms with E-state index in [0.29, 0.717) is 12.5 Å². The Morgan fingerprint density at radius 3 is 2.67 bits per heavy atom. The topological polar surface area (TPSA) is 38.3 Å². The van der Waals surface area contributed by atoms with Crippen molar-refractivity contribution in [2.45, 2.75) is 69.4 Å². The molecule has 1 saturated heterocycles. The number of ether oxygens (including phenoxy) is 1. The van der Waals surface area contributed by atoms with E-state index in [1.165, 1.54) is 25.7 Å². The summed E-state index contributed by atoms with van der Waals surface area (Å²) in [4.78, 5) is 12.0. The number of rotatable bonds is 5. The van der Waals surface area contributed by atoms with Gasteiger partial charge < -0.3 is 10.1 Å². The fourth-order valence-electron chi connectivity index (χ4n) is 3.03. The number of alkyl halides is 1. The predicted molar refractivity (Wildman–Crippen MR) is 76.0 cm³/mol. The number of carbonyl (C=O) groups excluding carboxylic acids is 1. The van der Waals surface area contributed by atoms with Crippen LogP contribution in [0.25, 0.3) is 0 Å². The van der Waals surface area contributed by atoms with Gasteiger partial charge in [-0.1, -0.05) is 28.8 Å². The van der Waals surface area contributed by atoms with Crippen LogP contribution >= 0.6 is 15.9 Å². The van der Waals surface area contributed by atoms with Crippen LogP contribution in [0.3, 0.4) is 0 Å². The van der Waals surface area contributed by atoms with E-state index in [1.54, 1.807) is 0 Å². The van der Waals surface area contributed by atoms with Crippen molar-refractivity contribution < 1.29 is 9.53 Å². The standard InChI is InChI=1S/C14H24BrNO2/c15-11-14(8-2-3-9-14)16-13(17)7-6-12-5-1-4-10-18-12/h12H,1-11H2,(H,16,17). The maximum Gasteiger partial charge on any atom is 0.220 e. The Balaban J connectivity index is 1.70. The Morgan fingerprint density at radius 2 is 2.06 bits per heavy atom. The lowest BCUT2D eigenvalue weighted by molar-refractivity contribution is -0.123. The molecule has 1 atom stereocenters. The molecule has 1 unspecified atom stereocenters. The molecule has 0 radical (unpaired) electrons. The Morgan fingerprint density at radius 1 is 1.28 bits per heavy atom. The molecule has 1 aliphatic carbocycles. The van der Waals surface area contributed by atoms with E-state index in [4.69, 9.17) is 4.74 Å². The van der Waals surface area contributed by atoms with Crippen molar-refractivity contribution in [3.63, 3.8) is 0 Å². The second kappa shape index (κ2) is 6.90. The van der Waals surface area contributed by atoms with Crippen LogP contribution in [-0.2, 0) is 9.53 Å². The maximum absolute atomic E-state index is 12.0. The number of amides is 1. The molecular weight excluding hydrogens is 294 g/mol. The zero-order chi connectivity index (χ0) is 12.8. The second-order valence-electron chi connectivity index (χ2n) is 5.70. The van der Waals surface area contributed by atoms with Crippen LogP contribution in [0.4, 0.5) is 0 Å². The van der Waals surface area contributed by atoms with Crippen molar-refractivity contribution in [1.29, 1.82) is 0 Å². The molecule has 0 aromatic rings. The van der Waals surface area contributed by atoms with Crippen molar-refractivity contribution >= 4 is 21.8 Å². The van der Waals surface area contributed by atoms with Crippen molar-refractivity contribution in [2.75, 3.05) is 11.9 Å². The summed E-state index contributed by atoms with van der Waals surface area (Å²) in [5.74, 6) is 0.200. The number of hydrogen-bond acceptors (Lipinski definition) is 2. The molecule has 0 aromatic carbocycles. The van der Waals surface area contributed by atoms with Crippen LogP contribution in [0.2, 0.25) is 0 Å². The third kappa shape index (κ3) is 3.95. The van der Waals surface area contributed by atoms with Crippen LogP contribution in [-0.4, -0.2) is 29.5 Å². The highest BCUT2D eigenvalue weighted by atomic mass is 79.9. The molecule has 4 heteroatoms. The first-order valence-corrected chi connectivity index (χ1v) is 8.35. The number of carbonyl (C=O) groups is 1. The molecule has 0 bridgehead atoms. The monoisotopic (exact) mass is 317 g/mol. The molecule has 2 aliphatic rings. The summed E-state index contributed by atoms with van der Waals surface area (Å²) >= 11 is 3.55. The predicted octanol–water partition coefficient (Wildman–Crippen LogP) is 3.16. The van der Waals surface area contributed by atoms with Crippen LogP contribution in [0.15, 0.2) is 0 Å². The number of nitrogens with one attached hydrogen (secondary N) is 1. The number of hydrogen-bond donors (Lipinski definition) is 1. The fourth-order valence-corrected chi connectivity index (χ4v) is 3.73. The minimum atomic E-state index is 0.0322. The summed E-state index contributed by atoms with van der Waals surface area (Å²) in [6.45, 7) is 0.873. The van der Waals surface area contributed by atoms with Gasteiger partial charge in [-0.05, 0) is 38.5 Å². The van der Waals surface area contributed by atoms with Crippen LogP contribution < -0.4 is 5.32 Å². The van der Waals surface area contributed by atoms with Gasteiger partial charge in [-0.25, -0.2) is 0 Å². The highest BCUT2D eigenvalue weighted by Crippen LogP contribution is 2.31. The van der Waals surface area contributed by atoms with Gasteiger partial charge in [0, 0.05) is 23.9 Å². The smallest absolute Gasteiger partial charge is 0.220 e. The lowest BCUT2D eigenvalue weighted by Gasteiger charge is -2.29. The zero-order valence-corrected chi connectivity index (χ0v) is 12.6. The van der Waals surface area contributed by atoms with Crippen LogP contribution in [0.5, 0.6) is 0 Å². The Labute approximate surface area is 118 Å². The largest absolute Gasteiger partial charge is 0.378 e. The van der Waals surface area contributed by atoms with Crippen LogP contribution in [0.1, 0.15) is 57.8 Å². The summed E-state index contributed by atoms with van der Waals surface area (Å²) in [7, 11) is 0. The Hall–Kier alpha value is -0.0900. The van der Waals surface area contributed by atoms with Crippen molar-refractivity contribution in [1.82, 2.24) is 5.32 Å². The maximum atomic E-state index is 12.0. The minimum absolute atomic E-state index is 0.0322. The van der Waals surface area contributed by atoms with Gasteiger partial charge in [0.2, 0.25) is 5.91 Å². The molecular formula is C14H24BrNO2. The molecule has 1 saturated carbocycles.